The molecule has 1 amide bonds. The summed E-state index contributed by atoms with van der Waals surface area (Å²) in [7, 11) is 3.90. The topological polar surface area (TPSA) is 58.4 Å². The second-order valence-corrected chi connectivity index (χ2v) is 5.04. The van der Waals surface area contributed by atoms with Crippen molar-refractivity contribution in [2.75, 3.05) is 30.0 Å². The molecular formula is C15H16ClN3O. The average Bonchev–Trinajstić information content (AvgIpc) is 2.43. The Morgan fingerprint density at radius 3 is 2.35 bits per heavy atom. The number of carbonyl (C=O) groups excluding carboxylic acids is 1. The molecule has 0 aromatic heterocycles. The minimum Gasteiger partial charge on any atom is -0.398 e. The SMILES string of the molecule is CN(C)c1ccc(C(=O)Nc2ccc(N)c(Cl)c2)cc1. The molecule has 0 saturated heterocycles. The first-order valence-corrected chi connectivity index (χ1v) is 6.49. The van der Waals surface area contributed by atoms with Gasteiger partial charge in [-0.2, -0.15) is 0 Å². The number of amides is 1. The van der Waals surface area contributed by atoms with Crippen LogP contribution in [0.2, 0.25) is 5.02 Å². The molecule has 0 aliphatic heterocycles. The van der Waals surface area contributed by atoms with Gasteiger partial charge in [-0.15, -0.1) is 0 Å². The van der Waals surface area contributed by atoms with Gasteiger partial charge < -0.3 is 16.0 Å². The molecule has 5 heteroatoms. The maximum absolute atomic E-state index is 12.1. The third kappa shape index (κ3) is 3.22. The number of rotatable bonds is 3. The Kier molecular flexibility index (Phi) is 4.15. The summed E-state index contributed by atoms with van der Waals surface area (Å²) in [6.45, 7) is 0. The molecule has 0 unspecified atom stereocenters. The predicted molar refractivity (Wildman–Crippen MR) is 84.6 cm³/mol. The summed E-state index contributed by atoms with van der Waals surface area (Å²) >= 11 is 5.92. The summed E-state index contributed by atoms with van der Waals surface area (Å²) in [4.78, 5) is 14.1. The first-order chi connectivity index (χ1) is 9.47. The summed E-state index contributed by atoms with van der Waals surface area (Å²) in [5, 5.41) is 3.20. The molecule has 2 aromatic rings. The lowest BCUT2D eigenvalue weighted by atomic mass is 10.2. The molecule has 104 valence electrons. The van der Waals surface area contributed by atoms with Crippen LogP contribution in [0.25, 0.3) is 0 Å². The molecule has 0 fully saturated rings. The maximum atomic E-state index is 12.1. The lowest BCUT2D eigenvalue weighted by molar-refractivity contribution is 0.102. The monoisotopic (exact) mass is 289 g/mol. The third-order valence-electron chi connectivity index (χ3n) is 2.90. The summed E-state index contributed by atoms with van der Waals surface area (Å²) in [6.07, 6.45) is 0. The van der Waals surface area contributed by atoms with Gasteiger partial charge in [-0.05, 0) is 42.5 Å². The number of hydrogen-bond acceptors (Lipinski definition) is 3. The van der Waals surface area contributed by atoms with Crippen LogP contribution >= 0.6 is 11.6 Å². The lowest BCUT2D eigenvalue weighted by Gasteiger charge is -2.12. The first kappa shape index (κ1) is 14.2. The van der Waals surface area contributed by atoms with E-state index >= 15 is 0 Å². The zero-order valence-corrected chi connectivity index (χ0v) is 12.1. The van der Waals surface area contributed by atoms with Crippen molar-refractivity contribution < 1.29 is 4.79 Å². The van der Waals surface area contributed by atoms with Crippen LogP contribution in [-0.2, 0) is 0 Å². The highest BCUT2D eigenvalue weighted by Gasteiger charge is 2.07. The summed E-state index contributed by atoms with van der Waals surface area (Å²) in [5.41, 5.74) is 8.35. The van der Waals surface area contributed by atoms with E-state index in [1.165, 1.54) is 0 Å². The molecule has 0 aliphatic carbocycles. The van der Waals surface area contributed by atoms with E-state index in [-0.39, 0.29) is 5.91 Å². The van der Waals surface area contributed by atoms with Gasteiger partial charge in [-0.25, -0.2) is 0 Å². The number of nitrogens with two attached hydrogens (primary N) is 1. The molecular weight excluding hydrogens is 274 g/mol. The Morgan fingerprint density at radius 1 is 1.15 bits per heavy atom. The smallest absolute Gasteiger partial charge is 0.255 e. The van der Waals surface area contributed by atoms with E-state index in [2.05, 4.69) is 5.32 Å². The normalized spacial score (nSPS) is 10.2. The van der Waals surface area contributed by atoms with Crippen LogP contribution in [0.3, 0.4) is 0 Å². The highest BCUT2D eigenvalue weighted by molar-refractivity contribution is 6.33. The van der Waals surface area contributed by atoms with Crippen LogP contribution in [0.15, 0.2) is 42.5 Å². The summed E-state index contributed by atoms with van der Waals surface area (Å²) in [6, 6.07) is 12.4. The number of anilines is 3. The largest absolute Gasteiger partial charge is 0.398 e. The Hall–Kier alpha value is -2.20. The van der Waals surface area contributed by atoms with Crippen molar-refractivity contribution in [2.45, 2.75) is 0 Å². The molecule has 2 aromatic carbocycles. The minimum atomic E-state index is -0.184. The molecule has 0 bridgehead atoms. The third-order valence-corrected chi connectivity index (χ3v) is 3.23. The van der Waals surface area contributed by atoms with Crippen molar-refractivity contribution in [2.24, 2.45) is 0 Å². The van der Waals surface area contributed by atoms with E-state index in [0.29, 0.717) is 22.0 Å². The van der Waals surface area contributed by atoms with E-state index in [4.69, 9.17) is 17.3 Å². The van der Waals surface area contributed by atoms with Crippen molar-refractivity contribution in [3.8, 4) is 0 Å². The fourth-order valence-corrected chi connectivity index (χ4v) is 1.90. The lowest BCUT2D eigenvalue weighted by Crippen LogP contribution is -2.13. The van der Waals surface area contributed by atoms with E-state index in [9.17, 15) is 4.79 Å². The molecule has 3 N–H and O–H groups in total. The van der Waals surface area contributed by atoms with Gasteiger partial charge in [0.05, 0.1) is 10.7 Å². The standard InChI is InChI=1S/C15H16ClN3O/c1-19(2)12-6-3-10(4-7-12)15(20)18-11-5-8-14(17)13(16)9-11/h3-9H,17H2,1-2H3,(H,18,20). The first-order valence-electron chi connectivity index (χ1n) is 6.11. The quantitative estimate of drug-likeness (QED) is 0.853. The van der Waals surface area contributed by atoms with Gasteiger partial charge in [0, 0.05) is 31.0 Å². The van der Waals surface area contributed by atoms with Crippen molar-refractivity contribution in [1.29, 1.82) is 0 Å². The Bertz CT molecular complexity index is 624. The Labute approximate surface area is 123 Å². The van der Waals surface area contributed by atoms with E-state index in [1.54, 1.807) is 30.3 Å². The number of halogens is 1. The van der Waals surface area contributed by atoms with Crippen LogP contribution in [-0.4, -0.2) is 20.0 Å². The number of carbonyl (C=O) groups is 1. The second-order valence-electron chi connectivity index (χ2n) is 4.63. The zero-order chi connectivity index (χ0) is 14.7. The van der Waals surface area contributed by atoms with Gasteiger partial charge in [0.15, 0.2) is 0 Å². The van der Waals surface area contributed by atoms with Crippen LogP contribution in [0.5, 0.6) is 0 Å². The summed E-state index contributed by atoms with van der Waals surface area (Å²) < 4.78 is 0. The predicted octanol–water partition coefficient (Wildman–Crippen LogP) is 3.24. The summed E-state index contributed by atoms with van der Waals surface area (Å²) in [5.74, 6) is -0.184. The van der Waals surface area contributed by atoms with Crippen molar-refractivity contribution >= 4 is 34.6 Å². The van der Waals surface area contributed by atoms with E-state index in [1.807, 2.05) is 31.1 Å². The average molecular weight is 290 g/mol. The highest BCUT2D eigenvalue weighted by atomic mass is 35.5. The van der Waals surface area contributed by atoms with Gasteiger partial charge in [-0.3, -0.25) is 4.79 Å². The molecule has 4 nitrogen and oxygen atoms in total. The van der Waals surface area contributed by atoms with Gasteiger partial charge in [0.25, 0.3) is 5.91 Å². The van der Waals surface area contributed by atoms with Crippen molar-refractivity contribution in [3.63, 3.8) is 0 Å². The van der Waals surface area contributed by atoms with Crippen LogP contribution in [0, 0.1) is 0 Å². The van der Waals surface area contributed by atoms with Crippen LogP contribution in [0.4, 0.5) is 17.1 Å². The number of benzene rings is 2. The molecule has 0 radical (unpaired) electrons. The van der Waals surface area contributed by atoms with Gasteiger partial charge >= 0.3 is 0 Å². The molecule has 0 aliphatic rings. The van der Waals surface area contributed by atoms with E-state index in [0.717, 1.165) is 5.69 Å². The molecule has 0 atom stereocenters. The van der Waals surface area contributed by atoms with E-state index < -0.39 is 0 Å². The van der Waals surface area contributed by atoms with Gasteiger partial charge in [-0.1, -0.05) is 11.6 Å². The zero-order valence-electron chi connectivity index (χ0n) is 11.4. The molecule has 0 spiro atoms. The number of nitrogen functional groups attached to an aromatic ring is 1. The van der Waals surface area contributed by atoms with Gasteiger partial charge in [0.2, 0.25) is 0 Å². The molecule has 0 heterocycles. The Morgan fingerprint density at radius 2 is 1.80 bits per heavy atom. The Balaban J connectivity index is 2.13. The molecule has 20 heavy (non-hydrogen) atoms. The fourth-order valence-electron chi connectivity index (χ4n) is 1.72. The second kappa shape index (κ2) is 5.84. The number of nitrogens with one attached hydrogen (secondary N) is 1. The van der Waals surface area contributed by atoms with Crippen LogP contribution in [0.1, 0.15) is 10.4 Å². The van der Waals surface area contributed by atoms with Crippen LogP contribution < -0.4 is 16.0 Å². The molecule has 0 saturated carbocycles. The fraction of sp³-hybridized carbons (Fsp3) is 0.133. The number of hydrogen-bond donors (Lipinski definition) is 2. The van der Waals surface area contributed by atoms with Crippen molar-refractivity contribution in [1.82, 2.24) is 0 Å². The molecule has 2 rings (SSSR count). The number of nitrogens with zero attached hydrogens (tertiary/aromatic N) is 1. The highest BCUT2D eigenvalue weighted by Crippen LogP contribution is 2.23. The minimum absolute atomic E-state index is 0.184. The maximum Gasteiger partial charge on any atom is 0.255 e. The van der Waals surface area contributed by atoms with Gasteiger partial charge in [0.1, 0.15) is 0 Å². The van der Waals surface area contributed by atoms with Crippen molar-refractivity contribution in [3.05, 3.63) is 53.1 Å².